The van der Waals surface area contributed by atoms with E-state index in [0.717, 1.165) is 0 Å². The highest BCUT2D eigenvalue weighted by atomic mass is 19.1. The second kappa shape index (κ2) is 3.76. The summed E-state index contributed by atoms with van der Waals surface area (Å²) in [6, 6.07) is 6.89. The van der Waals surface area contributed by atoms with Gasteiger partial charge in [-0.05, 0) is 24.3 Å². The van der Waals surface area contributed by atoms with Gasteiger partial charge >= 0.3 is 0 Å². The number of nitrogens with one attached hydrogen (secondary N) is 1. The summed E-state index contributed by atoms with van der Waals surface area (Å²) in [6.07, 6.45) is 0. The molecular formula is C12H8F2N4. The van der Waals surface area contributed by atoms with Crippen LogP contribution in [0.1, 0.15) is 0 Å². The first-order valence-corrected chi connectivity index (χ1v) is 5.22. The van der Waals surface area contributed by atoms with E-state index in [4.69, 9.17) is 5.73 Å². The maximum absolute atomic E-state index is 13.6. The van der Waals surface area contributed by atoms with E-state index in [-0.39, 0.29) is 11.4 Å². The molecule has 0 spiro atoms. The van der Waals surface area contributed by atoms with Gasteiger partial charge in [-0.2, -0.15) is 0 Å². The SMILES string of the molecule is Nc1ccc2[nH]c(-c3c(F)cccc3F)nc2n1. The topological polar surface area (TPSA) is 67.6 Å². The fourth-order valence-corrected chi connectivity index (χ4v) is 1.75. The van der Waals surface area contributed by atoms with Gasteiger partial charge in [-0.15, -0.1) is 0 Å². The number of halogens is 2. The Hall–Kier alpha value is -2.50. The minimum atomic E-state index is -0.679. The molecule has 2 aromatic heterocycles. The molecule has 0 aliphatic carbocycles. The number of nitrogen functional groups attached to an aromatic ring is 1. The number of hydrogen-bond donors (Lipinski definition) is 2. The number of rotatable bonds is 1. The van der Waals surface area contributed by atoms with Crippen molar-refractivity contribution in [2.45, 2.75) is 0 Å². The zero-order valence-electron chi connectivity index (χ0n) is 9.11. The van der Waals surface area contributed by atoms with Crippen molar-refractivity contribution in [2.75, 3.05) is 5.73 Å². The van der Waals surface area contributed by atoms with Crippen molar-refractivity contribution in [1.29, 1.82) is 0 Å². The Morgan fingerprint density at radius 1 is 1.00 bits per heavy atom. The van der Waals surface area contributed by atoms with Crippen LogP contribution in [0.4, 0.5) is 14.6 Å². The molecule has 0 radical (unpaired) electrons. The van der Waals surface area contributed by atoms with Crippen molar-refractivity contribution in [2.24, 2.45) is 0 Å². The van der Waals surface area contributed by atoms with Crippen LogP contribution in [0.5, 0.6) is 0 Å². The van der Waals surface area contributed by atoms with Crippen LogP contribution in [0, 0.1) is 11.6 Å². The molecule has 0 bridgehead atoms. The van der Waals surface area contributed by atoms with E-state index in [1.165, 1.54) is 18.2 Å². The van der Waals surface area contributed by atoms with E-state index in [1.54, 1.807) is 12.1 Å². The number of nitrogens with two attached hydrogens (primary N) is 1. The number of aromatic amines is 1. The highest BCUT2D eigenvalue weighted by Gasteiger charge is 2.15. The number of fused-ring (bicyclic) bond motifs is 1. The molecule has 90 valence electrons. The lowest BCUT2D eigenvalue weighted by Gasteiger charge is -1.99. The fourth-order valence-electron chi connectivity index (χ4n) is 1.75. The summed E-state index contributed by atoms with van der Waals surface area (Å²) in [7, 11) is 0. The monoisotopic (exact) mass is 246 g/mol. The van der Waals surface area contributed by atoms with Crippen LogP contribution in [0.25, 0.3) is 22.6 Å². The molecule has 3 N–H and O–H groups in total. The summed E-state index contributed by atoms with van der Waals surface area (Å²) >= 11 is 0. The Morgan fingerprint density at radius 3 is 2.44 bits per heavy atom. The molecule has 1 aromatic carbocycles. The van der Waals surface area contributed by atoms with Gasteiger partial charge in [0.05, 0.1) is 11.1 Å². The second-order valence-corrected chi connectivity index (χ2v) is 3.79. The van der Waals surface area contributed by atoms with Crippen LogP contribution in [-0.2, 0) is 0 Å². The number of hydrogen-bond acceptors (Lipinski definition) is 3. The Morgan fingerprint density at radius 2 is 1.72 bits per heavy atom. The summed E-state index contributed by atoms with van der Waals surface area (Å²) in [4.78, 5) is 10.8. The van der Waals surface area contributed by atoms with Crippen molar-refractivity contribution in [3.8, 4) is 11.4 Å². The van der Waals surface area contributed by atoms with E-state index in [1.807, 2.05) is 0 Å². The second-order valence-electron chi connectivity index (χ2n) is 3.79. The van der Waals surface area contributed by atoms with Gasteiger partial charge in [0.25, 0.3) is 0 Å². The molecular weight excluding hydrogens is 238 g/mol. The Balaban J connectivity index is 2.26. The summed E-state index contributed by atoms with van der Waals surface area (Å²) in [5.41, 5.74) is 6.22. The third-order valence-electron chi connectivity index (χ3n) is 2.57. The highest BCUT2D eigenvalue weighted by molar-refractivity contribution is 5.77. The largest absolute Gasteiger partial charge is 0.384 e. The maximum atomic E-state index is 13.6. The molecule has 0 atom stereocenters. The fraction of sp³-hybridized carbons (Fsp3) is 0. The molecule has 0 saturated heterocycles. The molecule has 2 heterocycles. The first-order valence-electron chi connectivity index (χ1n) is 5.22. The lowest BCUT2D eigenvalue weighted by atomic mass is 10.2. The van der Waals surface area contributed by atoms with Gasteiger partial charge in [-0.3, -0.25) is 0 Å². The lowest BCUT2D eigenvalue weighted by molar-refractivity contribution is 0.588. The number of aromatic nitrogens is 3. The van der Waals surface area contributed by atoms with Crippen LogP contribution in [0.15, 0.2) is 30.3 Å². The minimum Gasteiger partial charge on any atom is -0.384 e. The molecule has 3 aromatic rings. The summed E-state index contributed by atoms with van der Waals surface area (Å²) < 4.78 is 27.2. The van der Waals surface area contributed by atoms with Gasteiger partial charge in [0, 0.05) is 0 Å². The molecule has 6 heteroatoms. The molecule has 0 unspecified atom stereocenters. The van der Waals surface area contributed by atoms with Gasteiger partial charge in [-0.25, -0.2) is 18.7 Å². The first-order chi connectivity index (χ1) is 8.65. The predicted octanol–water partition coefficient (Wildman–Crippen LogP) is 2.49. The van der Waals surface area contributed by atoms with Crippen LogP contribution in [0.3, 0.4) is 0 Å². The number of benzene rings is 1. The molecule has 18 heavy (non-hydrogen) atoms. The first kappa shape index (κ1) is 10.6. The van der Waals surface area contributed by atoms with Gasteiger partial charge in [0.1, 0.15) is 23.3 Å². The van der Waals surface area contributed by atoms with E-state index < -0.39 is 11.6 Å². The number of pyridine rings is 1. The molecule has 0 saturated carbocycles. The zero-order chi connectivity index (χ0) is 12.7. The van der Waals surface area contributed by atoms with Crippen molar-refractivity contribution in [3.63, 3.8) is 0 Å². The minimum absolute atomic E-state index is 0.0960. The van der Waals surface area contributed by atoms with Gasteiger partial charge in [-0.1, -0.05) is 6.07 Å². The summed E-state index contributed by atoms with van der Waals surface area (Å²) in [6.45, 7) is 0. The Labute approximate surface area is 100 Å². The van der Waals surface area contributed by atoms with Gasteiger partial charge < -0.3 is 10.7 Å². The number of nitrogens with zero attached hydrogens (tertiary/aromatic N) is 2. The predicted molar refractivity (Wildman–Crippen MR) is 63.7 cm³/mol. The van der Waals surface area contributed by atoms with Crippen molar-refractivity contribution >= 4 is 17.0 Å². The Kier molecular flexibility index (Phi) is 2.22. The van der Waals surface area contributed by atoms with E-state index >= 15 is 0 Å². The zero-order valence-corrected chi connectivity index (χ0v) is 9.11. The van der Waals surface area contributed by atoms with Crippen molar-refractivity contribution < 1.29 is 8.78 Å². The van der Waals surface area contributed by atoms with E-state index in [0.29, 0.717) is 17.0 Å². The third kappa shape index (κ3) is 1.58. The Bertz CT molecular complexity index is 716. The normalized spacial score (nSPS) is 11.0. The average Bonchev–Trinajstić information content (AvgIpc) is 2.71. The van der Waals surface area contributed by atoms with E-state index in [9.17, 15) is 8.78 Å². The molecule has 0 amide bonds. The molecule has 0 aliphatic heterocycles. The van der Waals surface area contributed by atoms with E-state index in [2.05, 4.69) is 15.0 Å². The quantitative estimate of drug-likeness (QED) is 0.693. The van der Waals surface area contributed by atoms with Crippen molar-refractivity contribution in [3.05, 3.63) is 42.0 Å². The summed E-state index contributed by atoms with van der Waals surface area (Å²) in [5, 5.41) is 0. The van der Waals surface area contributed by atoms with Crippen LogP contribution >= 0.6 is 0 Å². The smallest absolute Gasteiger partial charge is 0.180 e. The molecule has 0 fully saturated rings. The number of anilines is 1. The maximum Gasteiger partial charge on any atom is 0.180 e. The third-order valence-corrected chi connectivity index (χ3v) is 2.57. The molecule has 3 rings (SSSR count). The lowest BCUT2D eigenvalue weighted by Crippen LogP contribution is -1.91. The highest BCUT2D eigenvalue weighted by Crippen LogP contribution is 2.25. The van der Waals surface area contributed by atoms with Gasteiger partial charge in [0.15, 0.2) is 5.65 Å². The molecule has 0 aliphatic rings. The van der Waals surface area contributed by atoms with Crippen LogP contribution in [-0.4, -0.2) is 15.0 Å². The summed E-state index contributed by atoms with van der Waals surface area (Å²) in [5.74, 6) is -0.961. The number of imidazole rings is 1. The van der Waals surface area contributed by atoms with Gasteiger partial charge in [0.2, 0.25) is 0 Å². The van der Waals surface area contributed by atoms with Crippen LogP contribution in [0.2, 0.25) is 0 Å². The van der Waals surface area contributed by atoms with Crippen LogP contribution < -0.4 is 5.73 Å². The van der Waals surface area contributed by atoms with Crippen molar-refractivity contribution in [1.82, 2.24) is 15.0 Å². The number of H-pyrrole nitrogens is 1. The standard InChI is InChI=1S/C12H8F2N4/c13-6-2-1-3-7(14)10(6)12-16-8-4-5-9(15)17-11(8)18-12/h1-5H,(H3,15,16,17,18). The molecule has 4 nitrogen and oxygen atoms in total. The average molecular weight is 246 g/mol.